The lowest BCUT2D eigenvalue weighted by Crippen LogP contribution is -2.35. The number of ether oxygens (including phenoxy) is 2. The van der Waals surface area contributed by atoms with E-state index in [2.05, 4.69) is 5.32 Å². The number of anilines is 1. The van der Waals surface area contributed by atoms with Gasteiger partial charge in [-0.2, -0.15) is 10.5 Å². The Balaban J connectivity index is 1.87. The van der Waals surface area contributed by atoms with Gasteiger partial charge in [0.1, 0.15) is 5.75 Å². The van der Waals surface area contributed by atoms with E-state index in [0.717, 1.165) is 0 Å². The molecule has 2 atom stereocenters. The van der Waals surface area contributed by atoms with Crippen molar-refractivity contribution in [2.45, 2.75) is 26.1 Å². The molecule has 27 heavy (non-hydrogen) atoms. The van der Waals surface area contributed by atoms with Gasteiger partial charge in [-0.1, -0.05) is 0 Å². The first-order valence-corrected chi connectivity index (χ1v) is 8.11. The number of rotatable bonds is 6. The smallest absolute Gasteiger partial charge is 0.347 e. The largest absolute Gasteiger partial charge is 0.479 e. The third-order valence-corrected chi connectivity index (χ3v) is 3.57. The Morgan fingerprint density at radius 2 is 1.41 bits per heavy atom. The van der Waals surface area contributed by atoms with E-state index in [1.54, 1.807) is 48.5 Å². The standard InChI is InChI=1S/C20H17N3O4/c1-13(19(24)23-17-7-3-15(11-21)4-8-17)27-20(25)14(2)26-18-9-5-16(12-22)6-10-18/h3-10,13-14H,1-2H3,(H,23,24)/t13-,14-/m0/s1. The van der Waals surface area contributed by atoms with Crippen molar-refractivity contribution in [3.05, 3.63) is 59.7 Å². The van der Waals surface area contributed by atoms with Gasteiger partial charge in [-0.3, -0.25) is 4.79 Å². The third-order valence-electron chi connectivity index (χ3n) is 3.57. The molecule has 7 nitrogen and oxygen atoms in total. The van der Waals surface area contributed by atoms with E-state index >= 15 is 0 Å². The van der Waals surface area contributed by atoms with Crippen LogP contribution in [0.4, 0.5) is 5.69 Å². The van der Waals surface area contributed by atoms with Gasteiger partial charge in [-0.05, 0) is 62.4 Å². The number of nitrogens with zero attached hydrogens (tertiary/aromatic N) is 2. The van der Waals surface area contributed by atoms with E-state index in [1.807, 2.05) is 12.1 Å². The van der Waals surface area contributed by atoms with Crippen molar-refractivity contribution < 1.29 is 19.1 Å². The summed E-state index contributed by atoms with van der Waals surface area (Å²) in [6, 6.07) is 16.6. The molecule has 0 unspecified atom stereocenters. The Morgan fingerprint density at radius 3 is 1.93 bits per heavy atom. The van der Waals surface area contributed by atoms with Crippen molar-refractivity contribution in [2.75, 3.05) is 5.32 Å². The van der Waals surface area contributed by atoms with Crippen molar-refractivity contribution in [2.24, 2.45) is 0 Å². The van der Waals surface area contributed by atoms with Gasteiger partial charge in [0.05, 0.1) is 23.3 Å². The van der Waals surface area contributed by atoms with Gasteiger partial charge in [-0.15, -0.1) is 0 Å². The van der Waals surface area contributed by atoms with Crippen molar-refractivity contribution >= 4 is 17.6 Å². The second-order valence-electron chi connectivity index (χ2n) is 5.65. The fourth-order valence-corrected chi connectivity index (χ4v) is 2.06. The number of hydrogen-bond acceptors (Lipinski definition) is 6. The normalized spacial score (nSPS) is 12.0. The molecule has 0 saturated carbocycles. The first-order valence-electron chi connectivity index (χ1n) is 8.11. The van der Waals surface area contributed by atoms with E-state index in [0.29, 0.717) is 22.6 Å². The molecule has 0 aliphatic carbocycles. The zero-order chi connectivity index (χ0) is 19.8. The predicted octanol–water partition coefficient (Wildman–Crippen LogP) is 2.77. The zero-order valence-corrected chi connectivity index (χ0v) is 14.8. The summed E-state index contributed by atoms with van der Waals surface area (Å²) in [7, 11) is 0. The highest BCUT2D eigenvalue weighted by Gasteiger charge is 2.23. The molecule has 0 saturated heterocycles. The molecule has 0 radical (unpaired) electrons. The van der Waals surface area contributed by atoms with E-state index in [-0.39, 0.29) is 0 Å². The molecule has 1 amide bonds. The van der Waals surface area contributed by atoms with Crippen molar-refractivity contribution in [3.63, 3.8) is 0 Å². The molecule has 0 aliphatic heterocycles. The van der Waals surface area contributed by atoms with Crippen LogP contribution in [0, 0.1) is 22.7 Å². The quantitative estimate of drug-likeness (QED) is 0.790. The summed E-state index contributed by atoms with van der Waals surface area (Å²) in [5, 5.41) is 20.1. The first-order chi connectivity index (χ1) is 12.9. The number of esters is 1. The molecular weight excluding hydrogens is 346 g/mol. The third kappa shape index (κ3) is 5.58. The van der Waals surface area contributed by atoms with Crippen LogP contribution in [0.5, 0.6) is 5.75 Å². The summed E-state index contributed by atoms with van der Waals surface area (Å²) in [6.07, 6.45) is -1.96. The second-order valence-corrected chi connectivity index (χ2v) is 5.65. The predicted molar refractivity (Wildman–Crippen MR) is 96.6 cm³/mol. The molecule has 0 aliphatic rings. The van der Waals surface area contributed by atoms with E-state index in [4.69, 9.17) is 20.0 Å². The molecule has 1 N–H and O–H groups in total. The molecule has 0 bridgehead atoms. The number of carbonyl (C=O) groups excluding carboxylic acids is 2. The zero-order valence-electron chi connectivity index (χ0n) is 14.8. The Morgan fingerprint density at radius 1 is 0.889 bits per heavy atom. The summed E-state index contributed by atoms with van der Waals surface area (Å²) >= 11 is 0. The lowest BCUT2D eigenvalue weighted by Gasteiger charge is -2.18. The van der Waals surface area contributed by atoms with Crippen LogP contribution in [-0.4, -0.2) is 24.1 Å². The highest BCUT2D eigenvalue weighted by molar-refractivity contribution is 5.95. The lowest BCUT2D eigenvalue weighted by molar-refractivity contribution is -0.159. The SMILES string of the molecule is C[C@H](OC(=O)[C@H](C)Oc1ccc(C#N)cc1)C(=O)Nc1ccc(C#N)cc1. The Bertz CT molecular complexity index is 893. The monoisotopic (exact) mass is 363 g/mol. The summed E-state index contributed by atoms with van der Waals surface area (Å²) < 4.78 is 10.6. The molecule has 7 heteroatoms. The minimum Gasteiger partial charge on any atom is -0.479 e. The van der Waals surface area contributed by atoms with Crippen LogP contribution >= 0.6 is 0 Å². The Labute approximate surface area is 156 Å². The maximum Gasteiger partial charge on any atom is 0.347 e. The lowest BCUT2D eigenvalue weighted by atomic mass is 10.2. The minimum absolute atomic E-state index is 0.410. The number of benzene rings is 2. The average molecular weight is 363 g/mol. The maximum absolute atomic E-state index is 12.1. The number of nitriles is 2. The highest BCUT2D eigenvalue weighted by Crippen LogP contribution is 2.15. The van der Waals surface area contributed by atoms with Crippen LogP contribution in [0.25, 0.3) is 0 Å². The van der Waals surface area contributed by atoms with E-state index < -0.39 is 24.1 Å². The first kappa shape index (κ1) is 19.5. The molecule has 0 heterocycles. The fourth-order valence-electron chi connectivity index (χ4n) is 2.06. The second kappa shape index (κ2) is 9.02. The highest BCUT2D eigenvalue weighted by atomic mass is 16.6. The van der Waals surface area contributed by atoms with Gasteiger partial charge in [0.25, 0.3) is 5.91 Å². The van der Waals surface area contributed by atoms with E-state index in [1.165, 1.54) is 13.8 Å². The molecule has 2 rings (SSSR count). The van der Waals surface area contributed by atoms with Gasteiger partial charge in [0, 0.05) is 5.69 Å². The maximum atomic E-state index is 12.1. The molecule has 2 aromatic rings. The van der Waals surface area contributed by atoms with Crippen LogP contribution in [0.3, 0.4) is 0 Å². The Kier molecular flexibility index (Phi) is 6.51. The minimum atomic E-state index is -1.03. The van der Waals surface area contributed by atoms with Crippen LogP contribution < -0.4 is 10.1 Å². The molecule has 0 aromatic heterocycles. The molecule has 0 fully saturated rings. The van der Waals surface area contributed by atoms with Crippen LogP contribution in [0.1, 0.15) is 25.0 Å². The molecule has 2 aromatic carbocycles. The van der Waals surface area contributed by atoms with Crippen molar-refractivity contribution in [1.29, 1.82) is 10.5 Å². The fraction of sp³-hybridized carbons (Fsp3) is 0.200. The summed E-state index contributed by atoms with van der Waals surface area (Å²) in [6.45, 7) is 2.96. The van der Waals surface area contributed by atoms with Gasteiger partial charge in [0.15, 0.2) is 12.2 Å². The van der Waals surface area contributed by atoms with Gasteiger partial charge in [0.2, 0.25) is 0 Å². The molecule has 0 spiro atoms. The number of hydrogen-bond donors (Lipinski definition) is 1. The van der Waals surface area contributed by atoms with Gasteiger partial charge in [-0.25, -0.2) is 4.79 Å². The van der Waals surface area contributed by atoms with Crippen LogP contribution in [-0.2, 0) is 14.3 Å². The van der Waals surface area contributed by atoms with Crippen molar-refractivity contribution in [3.8, 4) is 17.9 Å². The molecular formula is C20H17N3O4. The summed E-state index contributed by atoms with van der Waals surface area (Å²) in [5.41, 5.74) is 1.44. The summed E-state index contributed by atoms with van der Waals surface area (Å²) in [4.78, 5) is 24.2. The van der Waals surface area contributed by atoms with Crippen molar-refractivity contribution in [1.82, 2.24) is 0 Å². The number of carbonyl (C=O) groups is 2. The number of amides is 1. The van der Waals surface area contributed by atoms with Gasteiger partial charge >= 0.3 is 5.97 Å². The Hall–Kier alpha value is -3.84. The molecule has 136 valence electrons. The summed E-state index contributed by atoms with van der Waals surface area (Å²) in [5.74, 6) is -0.784. The number of nitrogens with one attached hydrogen (secondary N) is 1. The van der Waals surface area contributed by atoms with Crippen LogP contribution in [0.15, 0.2) is 48.5 Å². The van der Waals surface area contributed by atoms with E-state index in [9.17, 15) is 9.59 Å². The van der Waals surface area contributed by atoms with Gasteiger partial charge < -0.3 is 14.8 Å². The average Bonchev–Trinajstić information content (AvgIpc) is 2.68. The topological polar surface area (TPSA) is 112 Å². The van der Waals surface area contributed by atoms with Crippen LogP contribution in [0.2, 0.25) is 0 Å².